The fourth-order valence-corrected chi connectivity index (χ4v) is 5.81. The van der Waals surface area contributed by atoms with E-state index in [1.54, 1.807) is 47.0 Å². The Morgan fingerprint density at radius 2 is 1.80 bits per heavy atom. The molecule has 35 heavy (non-hydrogen) atoms. The molecule has 0 aliphatic rings. The zero-order valence-electron chi connectivity index (χ0n) is 17.8. The van der Waals surface area contributed by atoms with Crippen molar-refractivity contribution in [2.75, 3.05) is 0 Å². The van der Waals surface area contributed by atoms with Crippen molar-refractivity contribution in [1.29, 1.82) is 0 Å². The van der Waals surface area contributed by atoms with Crippen molar-refractivity contribution in [2.24, 2.45) is 0 Å². The zero-order valence-corrected chi connectivity index (χ0v) is 21.0. The summed E-state index contributed by atoms with van der Waals surface area (Å²) in [6.45, 7) is 0.150. The van der Waals surface area contributed by atoms with Crippen LogP contribution in [0.4, 0.5) is 0 Å². The van der Waals surface area contributed by atoms with Crippen molar-refractivity contribution in [2.45, 2.75) is 18.0 Å². The number of aromatic nitrogens is 3. The summed E-state index contributed by atoms with van der Waals surface area (Å²) in [4.78, 5) is 16.6. The normalized spacial score (nSPS) is 11.8. The molecule has 0 bridgehead atoms. The highest BCUT2D eigenvalue weighted by molar-refractivity contribution is 7.89. The number of thiazole rings is 1. The third kappa shape index (κ3) is 5.02. The predicted octanol–water partition coefficient (Wildman–Crippen LogP) is 4.95. The Morgan fingerprint density at radius 3 is 2.57 bits per heavy atom. The number of hydrogen-bond donors (Lipinski definition) is 1. The van der Waals surface area contributed by atoms with Crippen molar-refractivity contribution in [1.82, 2.24) is 19.4 Å². The largest absolute Gasteiger partial charge is 0.338 e. The van der Waals surface area contributed by atoms with Gasteiger partial charge in [-0.1, -0.05) is 64.0 Å². The van der Waals surface area contributed by atoms with Crippen LogP contribution >= 0.6 is 34.5 Å². The quantitative estimate of drug-likeness (QED) is 0.309. The molecule has 5 aromatic rings. The maximum atomic E-state index is 12.9. The predicted molar refractivity (Wildman–Crippen MR) is 135 cm³/mol. The fraction of sp³-hybridized carbons (Fsp3) is 0.0870. The van der Waals surface area contributed by atoms with Crippen molar-refractivity contribution < 1.29 is 12.9 Å². The van der Waals surface area contributed by atoms with Gasteiger partial charge in [0, 0.05) is 10.6 Å². The summed E-state index contributed by atoms with van der Waals surface area (Å²) in [6, 6.07) is 18.8. The third-order valence-electron chi connectivity index (χ3n) is 5.20. The first-order valence-corrected chi connectivity index (χ1v) is 13.3. The van der Waals surface area contributed by atoms with Crippen LogP contribution in [-0.2, 0) is 23.1 Å². The van der Waals surface area contributed by atoms with Gasteiger partial charge >= 0.3 is 4.87 Å². The number of hydrogen-bond acceptors (Lipinski definition) is 7. The SMILES string of the molecule is O=c1sc2cc(S(=O)(=O)NCc3nc(-c4ccccc4Cl)no3)ccc2n1Cc1ccc(Cl)cc1. The number of nitrogens with one attached hydrogen (secondary N) is 1. The van der Waals surface area contributed by atoms with E-state index in [9.17, 15) is 13.2 Å². The molecular weight excluding hydrogens is 531 g/mol. The van der Waals surface area contributed by atoms with E-state index < -0.39 is 10.0 Å². The van der Waals surface area contributed by atoms with Crippen molar-refractivity contribution in [3.8, 4) is 11.4 Å². The molecule has 0 spiro atoms. The van der Waals surface area contributed by atoms with Crippen LogP contribution in [0, 0.1) is 0 Å². The standard InChI is InChI=1S/C23H16Cl2N4O4S2/c24-15-7-5-14(6-8-15)13-29-19-10-9-16(11-20(19)34-23(29)30)35(31,32)26-12-21-27-22(28-33-21)17-3-1-2-4-18(17)25/h1-11,26H,12-13H2. The minimum Gasteiger partial charge on any atom is -0.338 e. The van der Waals surface area contributed by atoms with Crippen LogP contribution in [0.3, 0.4) is 0 Å². The number of halogens is 2. The number of fused-ring (bicyclic) bond motifs is 1. The number of sulfonamides is 1. The van der Waals surface area contributed by atoms with Gasteiger partial charge in [-0.2, -0.15) is 4.98 Å². The first-order chi connectivity index (χ1) is 16.8. The van der Waals surface area contributed by atoms with Crippen molar-refractivity contribution >= 4 is 54.8 Å². The van der Waals surface area contributed by atoms with Crippen LogP contribution in [0.5, 0.6) is 0 Å². The lowest BCUT2D eigenvalue weighted by Gasteiger charge is -2.07. The molecule has 0 amide bonds. The van der Waals surface area contributed by atoms with Gasteiger partial charge in [-0.3, -0.25) is 9.36 Å². The maximum absolute atomic E-state index is 12.9. The molecule has 1 N–H and O–H groups in total. The molecule has 12 heteroatoms. The van der Waals surface area contributed by atoms with Crippen LogP contribution in [-0.4, -0.2) is 23.1 Å². The molecule has 0 saturated carbocycles. The van der Waals surface area contributed by atoms with Gasteiger partial charge in [-0.15, -0.1) is 0 Å². The van der Waals surface area contributed by atoms with Crippen LogP contribution < -0.4 is 9.60 Å². The maximum Gasteiger partial charge on any atom is 0.308 e. The summed E-state index contributed by atoms with van der Waals surface area (Å²) in [5.41, 5.74) is 2.14. The Hall–Kier alpha value is -3.02. The van der Waals surface area contributed by atoms with Crippen LogP contribution in [0.15, 0.2) is 80.9 Å². The first kappa shape index (κ1) is 23.7. The summed E-state index contributed by atoms with van der Waals surface area (Å²) in [5, 5.41) is 4.93. The summed E-state index contributed by atoms with van der Waals surface area (Å²) in [6.07, 6.45) is 0. The Bertz CT molecular complexity index is 1690. The van der Waals surface area contributed by atoms with Crippen molar-refractivity contribution in [3.63, 3.8) is 0 Å². The molecule has 0 fully saturated rings. The van der Waals surface area contributed by atoms with E-state index >= 15 is 0 Å². The highest BCUT2D eigenvalue weighted by Crippen LogP contribution is 2.25. The lowest BCUT2D eigenvalue weighted by atomic mass is 10.2. The Morgan fingerprint density at radius 1 is 1.03 bits per heavy atom. The molecule has 3 aromatic carbocycles. The zero-order chi connectivity index (χ0) is 24.6. The average Bonchev–Trinajstić information content (AvgIpc) is 3.43. The molecule has 0 saturated heterocycles. The Labute approximate surface area is 213 Å². The fourth-order valence-electron chi connectivity index (χ4n) is 3.45. The van der Waals surface area contributed by atoms with E-state index in [1.807, 2.05) is 12.1 Å². The number of rotatable bonds is 7. The smallest absolute Gasteiger partial charge is 0.308 e. The molecule has 8 nitrogen and oxygen atoms in total. The average molecular weight is 547 g/mol. The third-order valence-corrected chi connectivity index (χ3v) is 8.12. The lowest BCUT2D eigenvalue weighted by Crippen LogP contribution is -2.23. The monoisotopic (exact) mass is 546 g/mol. The lowest BCUT2D eigenvalue weighted by molar-refractivity contribution is 0.376. The van der Waals surface area contributed by atoms with Gasteiger partial charge in [0.15, 0.2) is 0 Å². The van der Waals surface area contributed by atoms with Crippen LogP contribution in [0.2, 0.25) is 10.0 Å². The molecule has 0 radical (unpaired) electrons. The summed E-state index contributed by atoms with van der Waals surface area (Å²) in [7, 11) is -3.90. The first-order valence-electron chi connectivity index (χ1n) is 10.3. The van der Waals surface area contributed by atoms with E-state index in [0.717, 1.165) is 16.9 Å². The second-order valence-corrected chi connectivity index (χ2v) is 11.1. The van der Waals surface area contributed by atoms with E-state index in [0.29, 0.717) is 32.4 Å². The van der Waals surface area contributed by atoms with E-state index in [2.05, 4.69) is 14.9 Å². The van der Waals surface area contributed by atoms with Gasteiger partial charge in [-0.25, -0.2) is 13.1 Å². The topological polar surface area (TPSA) is 107 Å². The minimum absolute atomic E-state index is 0.0238. The molecule has 0 aliphatic carbocycles. The second-order valence-electron chi connectivity index (χ2n) is 7.53. The molecular formula is C23H16Cl2N4O4S2. The van der Waals surface area contributed by atoms with Crippen molar-refractivity contribution in [3.05, 3.63) is 97.9 Å². The van der Waals surface area contributed by atoms with Gasteiger partial charge in [0.2, 0.25) is 21.7 Å². The molecule has 0 aliphatic heterocycles. The van der Waals surface area contributed by atoms with Gasteiger partial charge < -0.3 is 4.52 Å². The second kappa shape index (κ2) is 9.56. The van der Waals surface area contributed by atoms with E-state index in [-0.39, 0.29) is 28.0 Å². The van der Waals surface area contributed by atoms with E-state index in [4.69, 9.17) is 27.7 Å². The molecule has 0 unspecified atom stereocenters. The molecule has 5 rings (SSSR count). The molecule has 178 valence electrons. The van der Waals surface area contributed by atoms with Gasteiger partial charge in [0.1, 0.15) is 0 Å². The highest BCUT2D eigenvalue weighted by Gasteiger charge is 2.19. The number of benzene rings is 3. The summed E-state index contributed by atoms with van der Waals surface area (Å²) in [5.74, 6) is 0.348. The highest BCUT2D eigenvalue weighted by atomic mass is 35.5. The van der Waals surface area contributed by atoms with Crippen LogP contribution in [0.25, 0.3) is 21.6 Å². The Kier molecular flexibility index (Phi) is 6.47. The number of nitrogens with zero attached hydrogens (tertiary/aromatic N) is 3. The Balaban J connectivity index is 1.35. The van der Waals surface area contributed by atoms with E-state index in [1.165, 1.54) is 12.1 Å². The van der Waals surface area contributed by atoms with Gasteiger partial charge in [0.25, 0.3) is 0 Å². The van der Waals surface area contributed by atoms with Gasteiger partial charge in [0.05, 0.1) is 33.2 Å². The molecule has 2 heterocycles. The summed E-state index contributed by atoms with van der Waals surface area (Å²) < 4.78 is 35.5. The minimum atomic E-state index is -3.90. The van der Waals surface area contributed by atoms with Gasteiger partial charge in [-0.05, 0) is 48.0 Å². The van der Waals surface area contributed by atoms with Crippen LogP contribution in [0.1, 0.15) is 11.5 Å². The molecule has 2 aromatic heterocycles. The summed E-state index contributed by atoms with van der Waals surface area (Å²) >= 11 is 13.1. The molecule has 0 atom stereocenters.